The Balaban J connectivity index is 0.000000110. The lowest BCUT2D eigenvalue weighted by Crippen LogP contribution is -2.42. The lowest BCUT2D eigenvalue weighted by Gasteiger charge is -2.33. The Morgan fingerprint density at radius 2 is 0.515 bits per heavy atom. The second-order valence-corrected chi connectivity index (χ2v) is 35.6. The molecule has 5 aliphatic rings. The summed E-state index contributed by atoms with van der Waals surface area (Å²) in [5.41, 5.74) is 23.2. The van der Waals surface area contributed by atoms with E-state index < -0.39 is 70.4 Å². The van der Waals surface area contributed by atoms with Gasteiger partial charge in [-0.25, -0.2) is 54.8 Å². The summed E-state index contributed by atoms with van der Waals surface area (Å²) in [6.07, 6.45) is 7.77. The van der Waals surface area contributed by atoms with Gasteiger partial charge in [0, 0.05) is 168 Å². The summed E-state index contributed by atoms with van der Waals surface area (Å²) in [5.74, 6) is 3.17. The van der Waals surface area contributed by atoms with Crippen LogP contribution >= 0.6 is 0 Å². The fourth-order valence-corrected chi connectivity index (χ4v) is 20.1. The van der Waals surface area contributed by atoms with E-state index in [1.54, 1.807) is 46.9 Å². The van der Waals surface area contributed by atoms with Crippen molar-refractivity contribution in [3.63, 3.8) is 0 Å². The number of hydrogen-bond acceptors (Lipinski definition) is 26. The third-order valence-electron chi connectivity index (χ3n) is 26.4. The molecule has 25 rings (SSSR count). The molecule has 7 unspecified atom stereocenters. The van der Waals surface area contributed by atoms with E-state index in [1.165, 1.54) is 29.8 Å². The number of pyridine rings is 9. The smallest absolute Gasteiger partial charge is 0.227 e. The summed E-state index contributed by atoms with van der Waals surface area (Å²) in [6, 6.07) is 50.8. The van der Waals surface area contributed by atoms with Crippen molar-refractivity contribution in [3.05, 3.63) is 263 Å². The molecule has 0 radical (unpaired) electrons. The van der Waals surface area contributed by atoms with E-state index in [1.807, 2.05) is 268 Å². The monoisotopic (exact) mass is 1820 g/mol. The first-order valence-corrected chi connectivity index (χ1v) is 45.4. The molecule has 0 aliphatic carbocycles. The molecule has 0 fully saturated rings. The maximum Gasteiger partial charge on any atom is 0.227 e. The van der Waals surface area contributed by atoms with Crippen molar-refractivity contribution in [1.29, 1.82) is 0 Å². The van der Waals surface area contributed by atoms with E-state index in [-0.39, 0.29) is 6.17 Å². The third kappa shape index (κ3) is 14.0. The first-order valence-electron chi connectivity index (χ1n) is 52.9. The number of hydrogen-bond donors (Lipinski definition) is 0. The number of nitrogens with zero attached hydrogens (tertiary/aromatic N) is 21. The van der Waals surface area contributed by atoms with Gasteiger partial charge in [0.05, 0.1) is 55.3 Å². The van der Waals surface area contributed by atoms with Crippen molar-refractivity contribution in [1.82, 2.24) is 54.8 Å². The maximum atomic E-state index is 8.79. The lowest BCUT2D eigenvalue weighted by molar-refractivity contribution is 0.597. The fourth-order valence-electron chi connectivity index (χ4n) is 20.1. The van der Waals surface area contributed by atoms with Crippen molar-refractivity contribution in [2.45, 2.75) is 194 Å². The highest BCUT2D eigenvalue weighted by molar-refractivity contribution is 6.15. The Hall–Kier alpha value is -15.5. The van der Waals surface area contributed by atoms with E-state index in [2.05, 4.69) is 97.8 Å². The molecule has 136 heavy (non-hydrogen) atoms. The number of aryl methyl sites for hydroxylation is 10. The minimum Gasteiger partial charge on any atom is -0.435 e. The summed E-state index contributed by atoms with van der Waals surface area (Å²) >= 11 is 0. The van der Waals surface area contributed by atoms with Crippen LogP contribution in [0.4, 0.5) is 86.1 Å². The molecule has 0 amide bonds. The van der Waals surface area contributed by atoms with Crippen LogP contribution in [0.15, 0.2) is 229 Å². The predicted molar refractivity (Wildman–Crippen MR) is 552 cm³/mol. The van der Waals surface area contributed by atoms with Gasteiger partial charge in [0.2, 0.25) is 28.6 Å². The molecule has 26 nitrogen and oxygen atoms in total. The molecule has 0 N–H and O–H groups in total. The highest BCUT2D eigenvalue weighted by Gasteiger charge is 2.44. The van der Waals surface area contributed by atoms with Crippen LogP contribution < -0.4 is 49.0 Å². The van der Waals surface area contributed by atoms with Crippen molar-refractivity contribution in [2.75, 3.05) is 63.0 Å². The summed E-state index contributed by atoms with van der Waals surface area (Å²) in [5, 5.41) is 9.53. The topological polar surface area (TPSA) is 240 Å². The van der Waals surface area contributed by atoms with E-state index in [9.17, 15) is 0 Å². The molecule has 20 heterocycles. The van der Waals surface area contributed by atoms with Gasteiger partial charge >= 0.3 is 0 Å². The van der Waals surface area contributed by atoms with Crippen LogP contribution in [0, 0.1) is 69.2 Å². The Kier molecular flexibility index (Phi) is 17.6. The Bertz CT molecular complexity index is 8180. The summed E-state index contributed by atoms with van der Waals surface area (Å²) in [4.78, 5) is 67.6. The molecular weight excluding hydrogens is 1700 g/mol. The van der Waals surface area contributed by atoms with Crippen molar-refractivity contribution < 1.29 is 42.6 Å². The van der Waals surface area contributed by atoms with Gasteiger partial charge in [-0.2, -0.15) is 0 Å². The average molecular weight is 1820 g/mol. The minimum atomic E-state index is -2.53. The van der Waals surface area contributed by atoms with Crippen LogP contribution in [-0.2, 0) is 0 Å². The number of anilines is 15. The highest BCUT2D eigenvalue weighted by Crippen LogP contribution is 2.55. The standard InChI is InChI=1S/3C23H24N4O.C21H20N4O.C20H19N5O/c2*1-13(2)26-16(5)27(19-7-6-12-24-22(19)26)20-14(3)8-10-17-18-11-9-15(4)25-23(18)28-21(17)20;1-13(2)26-16(5)27(22-19(26)7-6-12-24-22)20-14(3)8-10-17-18-11-9-15(4)25-23(18)28-21(17)20;1-12-7-9-15-16-10-8-13(2)23-21(16)26-19(15)18(12)25-14(3)24(4)20-17(25)6-5-11-22-20;1-11-5-7-14-15-8-6-12(2)23-20(15)26-17(14)16(11)25-13(3)24(4)18-19(25)22-10-9-21-18/h3*6-13,16H,1-5H3;5-11,14H,1-4H3;5-10,13H,1-4H3/i1D3,13D;13D;1D3,13D;2*4D3. The molecule has 0 saturated heterocycles. The first-order chi connectivity index (χ1) is 71.3. The fraction of sp³-hybridized carbons (Fsp3) is 0.282. The van der Waals surface area contributed by atoms with E-state index in [0.717, 1.165) is 167 Å². The van der Waals surface area contributed by atoms with Gasteiger partial charge in [-0.15, -0.1) is 0 Å². The van der Waals surface area contributed by atoms with Crippen LogP contribution in [0.1, 0.15) is 153 Å². The Morgan fingerprint density at radius 3 is 0.860 bits per heavy atom. The SMILES string of the molecule is [2H]C(C)(C)N1c2ncccc2N(c2c(C)ccc3c2oc2nc(C)ccc23)C1C.[2H]C([2H])([2H])C([2H])(C)N1c2cccnc2N(c2c(C)ccc3c2oc2nc(C)ccc23)C1C.[2H]C([2H])([2H])C([2H])(C)N1c2ncccc2N(c2c(C)ccc3c2oc2nc(C)ccc23)C1C.[2H]C([2H])([2H])N1c2ncccc2N(c2c(C)ccc3c2oc2nc(C)ccc23)C1C.[2H]C([2H])([2H])N1c2nccnc2N(c2c(C)ccc3c2oc2nc(C)ccc23)C1C. The van der Waals surface area contributed by atoms with Crippen molar-refractivity contribution >= 4 is 196 Å². The lowest BCUT2D eigenvalue weighted by atomic mass is 10.1. The zero-order valence-corrected chi connectivity index (χ0v) is 78.9. The van der Waals surface area contributed by atoms with E-state index in [0.29, 0.717) is 85.7 Å². The summed E-state index contributed by atoms with van der Waals surface area (Å²) in [7, 11) is 0. The molecule has 686 valence electrons. The number of benzene rings is 5. The van der Waals surface area contributed by atoms with E-state index >= 15 is 0 Å². The number of aromatic nitrogens is 11. The summed E-state index contributed by atoms with van der Waals surface area (Å²) in [6.45, 7) is 26.2. The minimum absolute atomic E-state index is 0.0837. The van der Waals surface area contributed by atoms with Gasteiger partial charge < -0.3 is 66.2 Å². The van der Waals surface area contributed by atoms with Gasteiger partial charge in [0.15, 0.2) is 62.8 Å². The van der Waals surface area contributed by atoms with Crippen LogP contribution in [-0.4, -0.2) is 118 Å². The van der Waals surface area contributed by atoms with Crippen LogP contribution in [0.5, 0.6) is 0 Å². The molecule has 0 bridgehead atoms. The van der Waals surface area contributed by atoms with Crippen LogP contribution in [0.3, 0.4) is 0 Å². The van der Waals surface area contributed by atoms with Gasteiger partial charge in [-0.05, 0) is 282 Å². The molecule has 0 spiro atoms. The summed E-state index contributed by atoms with van der Waals surface area (Å²) < 4.78 is 154. The Morgan fingerprint density at radius 1 is 0.257 bits per heavy atom. The third-order valence-corrected chi connectivity index (χ3v) is 26.4. The molecule has 5 aromatic carbocycles. The van der Waals surface area contributed by atoms with Crippen LogP contribution in [0.2, 0.25) is 0 Å². The zero-order chi connectivity index (χ0) is 107. The van der Waals surface area contributed by atoms with Crippen molar-refractivity contribution in [2.24, 2.45) is 0 Å². The average Bonchev–Trinajstić information content (AvgIpc) is 1.56. The largest absolute Gasteiger partial charge is 0.435 e. The van der Waals surface area contributed by atoms with Gasteiger partial charge in [-0.1, -0.05) is 60.7 Å². The van der Waals surface area contributed by atoms with Crippen LogP contribution in [0.25, 0.3) is 110 Å². The number of fused-ring (bicyclic) bond motifs is 20. The molecule has 5 aliphatic heterocycles. The normalized spacial score (nSPS) is 19.6. The predicted octanol–water partition coefficient (Wildman–Crippen LogP) is 26.4. The molecule has 0 saturated carbocycles. The Labute approximate surface area is 810 Å². The first kappa shape index (κ1) is 71.2. The van der Waals surface area contributed by atoms with Gasteiger partial charge in [-0.3, -0.25) is 4.90 Å². The molecule has 26 heteroatoms. The highest BCUT2D eigenvalue weighted by atomic mass is 16.4. The molecule has 15 aromatic heterocycles. The van der Waals surface area contributed by atoms with Gasteiger partial charge in [0.25, 0.3) is 0 Å². The molecule has 7 atom stereocenters. The number of rotatable bonds is 8. The second kappa shape index (κ2) is 33.6. The zero-order valence-electron chi connectivity index (χ0n) is 93.9. The van der Waals surface area contributed by atoms with E-state index in [4.69, 9.17) is 42.6 Å². The molecule has 20 aromatic rings. The van der Waals surface area contributed by atoms with Crippen molar-refractivity contribution in [3.8, 4) is 0 Å². The number of furan rings is 5. The molecular formula is C110H111N21O5. The quantitative estimate of drug-likeness (QED) is 0.137. The second-order valence-electron chi connectivity index (χ2n) is 35.6. The van der Waals surface area contributed by atoms with Gasteiger partial charge in [0.1, 0.15) is 30.8 Å². The maximum absolute atomic E-state index is 8.79.